The minimum absolute atomic E-state index is 0.0297. The summed E-state index contributed by atoms with van der Waals surface area (Å²) in [5.41, 5.74) is 2.88. The molecular weight excluding hydrogens is 539 g/mol. The van der Waals surface area contributed by atoms with Crippen LogP contribution in [0.2, 0.25) is 0 Å². The third kappa shape index (κ3) is 4.56. The summed E-state index contributed by atoms with van der Waals surface area (Å²) in [6.45, 7) is 4.75. The fourth-order valence-electron chi connectivity index (χ4n) is 4.66. The molecule has 11 heteroatoms. The lowest BCUT2D eigenvalue weighted by atomic mass is 10.0. The molecule has 0 amide bonds. The van der Waals surface area contributed by atoms with E-state index in [1.165, 1.54) is 30.7 Å². The van der Waals surface area contributed by atoms with Crippen LogP contribution >= 0.6 is 11.3 Å². The first-order valence-corrected chi connectivity index (χ1v) is 14.6. The van der Waals surface area contributed by atoms with E-state index in [4.69, 9.17) is 9.47 Å². The van der Waals surface area contributed by atoms with Gasteiger partial charge in [-0.3, -0.25) is 0 Å². The number of thiazole rings is 1. The Morgan fingerprint density at radius 1 is 1.03 bits per heavy atom. The molecule has 0 bridgehead atoms. The van der Waals surface area contributed by atoms with E-state index in [-0.39, 0.29) is 16.3 Å². The lowest BCUT2D eigenvalue weighted by molar-refractivity contribution is 0.122. The number of ether oxygens (including phenoxy) is 2. The third-order valence-electron chi connectivity index (χ3n) is 6.71. The van der Waals surface area contributed by atoms with E-state index in [9.17, 15) is 12.8 Å². The third-order valence-corrected chi connectivity index (χ3v) is 9.48. The van der Waals surface area contributed by atoms with Crippen molar-refractivity contribution in [3.8, 4) is 27.3 Å². The van der Waals surface area contributed by atoms with Gasteiger partial charge in [0.25, 0.3) is 10.0 Å². The number of nitrogens with zero attached hydrogens (tertiary/aromatic N) is 4. The van der Waals surface area contributed by atoms with Crippen molar-refractivity contribution in [3.05, 3.63) is 78.5 Å². The molecule has 4 heterocycles. The lowest BCUT2D eigenvalue weighted by Crippen LogP contribution is -2.36. The second-order valence-electron chi connectivity index (χ2n) is 9.18. The van der Waals surface area contributed by atoms with Gasteiger partial charge in [0.05, 0.1) is 30.1 Å². The fraction of sp³-hybridized carbons (Fsp3) is 0.214. The Kier molecular flexibility index (Phi) is 6.57. The maximum Gasteiger partial charge on any atom is 0.269 e. The number of pyridine rings is 1. The van der Waals surface area contributed by atoms with Crippen molar-refractivity contribution in [2.45, 2.75) is 11.8 Å². The van der Waals surface area contributed by atoms with Crippen molar-refractivity contribution in [3.63, 3.8) is 0 Å². The summed E-state index contributed by atoms with van der Waals surface area (Å²) in [6, 6.07) is 13.1. The maximum absolute atomic E-state index is 14.7. The molecular formula is C28H25FN4O4S2. The van der Waals surface area contributed by atoms with E-state index in [1.807, 2.05) is 13.0 Å². The molecule has 200 valence electrons. The normalized spacial score (nSPS) is 14.2. The van der Waals surface area contributed by atoms with Gasteiger partial charge in [0, 0.05) is 53.8 Å². The zero-order chi connectivity index (χ0) is 27.1. The Morgan fingerprint density at radius 3 is 2.54 bits per heavy atom. The molecule has 1 aliphatic heterocycles. The maximum atomic E-state index is 14.7. The van der Waals surface area contributed by atoms with Crippen LogP contribution in [0.4, 0.5) is 9.52 Å². The minimum Gasteiger partial charge on any atom is -0.493 e. The molecule has 0 aliphatic carbocycles. The van der Waals surface area contributed by atoms with Gasteiger partial charge in [-0.25, -0.2) is 26.7 Å². The second-order valence-corrected chi connectivity index (χ2v) is 12.0. The highest BCUT2D eigenvalue weighted by atomic mass is 32.2. The average molecular weight is 565 g/mol. The molecule has 39 heavy (non-hydrogen) atoms. The molecule has 1 aliphatic rings. The summed E-state index contributed by atoms with van der Waals surface area (Å²) in [5, 5.41) is 1.44. The summed E-state index contributed by atoms with van der Waals surface area (Å²) < 4.78 is 54.2. The van der Waals surface area contributed by atoms with E-state index < -0.39 is 15.8 Å². The first-order chi connectivity index (χ1) is 18.9. The van der Waals surface area contributed by atoms with Crippen LogP contribution in [0.3, 0.4) is 0 Å². The van der Waals surface area contributed by atoms with Gasteiger partial charge in [0.1, 0.15) is 0 Å². The molecule has 0 spiro atoms. The first-order valence-electron chi connectivity index (χ1n) is 12.3. The molecule has 2 aromatic carbocycles. The zero-order valence-electron chi connectivity index (χ0n) is 21.3. The summed E-state index contributed by atoms with van der Waals surface area (Å²) >= 11 is 1.53. The van der Waals surface area contributed by atoms with E-state index in [1.54, 1.807) is 48.8 Å². The molecule has 0 N–H and O–H groups in total. The number of methoxy groups -OCH3 is 1. The van der Waals surface area contributed by atoms with E-state index >= 15 is 0 Å². The number of aromatic nitrogens is 3. The minimum atomic E-state index is -4.00. The van der Waals surface area contributed by atoms with Crippen molar-refractivity contribution in [2.24, 2.45) is 0 Å². The van der Waals surface area contributed by atoms with Crippen LogP contribution in [0.25, 0.3) is 32.6 Å². The molecule has 1 fully saturated rings. The quantitative estimate of drug-likeness (QED) is 0.275. The second kappa shape index (κ2) is 10.1. The van der Waals surface area contributed by atoms with Gasteiger partial charge < -0.3 is 14.4 Å². The van der Waals surface area contributed by atoms with Gasteiger partial charge in [-0.2, -0.15) is 0 Å². The Bertz CT molecular complexity index is 1780. The average Bonchev–Trinajstić information content (AvgIpc) is 3.59. The van der Waals surface area contributed by atoms with Gasteiger partial charge in [0.2, 0.25) is 0 Å². The smallest absolute Gasteiger partial charge is 0.269 e. The number of fused-ring (bicyclic) bond motifs is 1. The van der Waals surface area contributed by atoms with Crippen molar-refractivity contribution in [2.75, 3.05) is 38.3 Å². The van der Waals surface area contributed by atoms with Crippen LogP contribution in [0.15, 0.2) is 72.0 Å². The number of morpholine rings is 1. The van der Waals surface area contributed by atoms with Gasteiger partial charge in [0.15, 0.2) is 22.3 Å². The Hall–Kier alpha value is -3.80. The van der Waals surface area contributed by atoms with Gasteiger partial charge in [-0.05, 0) is 31.2 Å². The molecule has 8 nitrogen and oxygen atoms in total. The van der Waals surface area contributed by atoms with E-state index in [0.717, 1.165) is 38.2 Å². The summed E-state index contributed by atoms with van der Waals surface area (Å²) in [5.74, 6) is -0.513. The largest absolute Gasteiger partial charge is 0.493 e. The molecule has 0 saturated carbocycles. The number of hydrogen-bond donors (Lipinski definition) is 0. The van der Waals surface area contributed by atoms with E-state index in [0.29, 0.717) is 29.7 Å². The van der Waals surface area contributed by atoms with Gasteiger partial charge >= 0.3 is 0 Å². The zero-order valence-corrected chi connectivity index (χ0v) is 22.9. The Balaban J connectivity index is 1.53. The number of anilines is 1. The number of aryl methyl sites for hydroxylation is 1. The highest BCUT2D eigenvalue weighted by molar-refractivity contribution is 7.90. The topological polar surface area (TPSA) is 86.5 Å². The van der Waals surface area contributed by atoms with Gasteiger partial charge in [-0.15, -0.1) is 0 Å². The van der Waals surface area contributed by atoms with Gasteiger partial charge in [-0.1, -0.05) is 41.2 Å². The van der Waals surface area contributed by atoms with Crippen LogP contribution in [0, 0.1) is 12.7 Å². The molecule has 6 rings (SSSR count). The number of rotatable bonds is 6. The predicted octanol–water partition coefficient (Wildman–Crippen LogP) is 5.36. The molecule has 3 aromatic heterocycles. The van der Waals surface area contributed by atoms with Crippen LogP contribution in [0.1, 0.15) is 5.56 Å². The monoisotopic (exact) mass is 564 g/mol. The number of benzene rings is 2. The summed E-state index contributed by atoms with van der Waals surface area (Å²) in [4.78, 5) is 12.4. The molecule has 0 unspecified atom stereocenters. The highest BCUT2D eigenvalue weighted by Gasteiger charge is 2.25. The number of para-hydroxylation sites is 1. The van der Waals surface area contributed by atoms with Crippen molar-refractivity contribution in [1.82, 2.24) is 13.9 Å². The van der Waals surface area contributed by atoms with Crippen LogP contribution in [-0.2, 0) is 14.8 Å². The summed E-state index contributed by atoms with van der Waals surface area (Å²) in [6.07, 6.45) is 4.92. The van der Waals surface area contributed by atoms with Crippen LogP contribution in [0.5, 0.6) is 5.75 Å². The van der Waals surface area contributed by atoms with Crippen LogP contribution in [-0.4, -0.2) is 55.8 Å². The number of halogens is 1. The standard InChI is InChI=1S/C28H25FN4O4S2/c1-18-6-8-20(9-7-18)39(34,35)33-17-23(21-4-3-5-24(29)26(21)36-2)22-14-19(15-30-27(22)33)25-16-31-28(38-25)32-10-12-37-13-11-32/h3-9,14-17H,10-13H2,1-2H3. The lowest BCUT2D eigenvalue weighted by Gasteiger charge is -2.25. The van der Waals surface area contributed by atoms with Crippen molar-refractivity contribution >= 4 is 37.5 Å². The Morgan fingerprint density at radius 2 is 1.79 bits per heavy atom. The Labute approximate surface area is 229 Å². The molecule has 1 saturated heterocycles. The van der Waals surface area contributed by atoms with E-state index in [2.05, 4.69) is 14.9 Å². The SMILES string of the molecule is COc1c(F)cccc1-c1cn(S(=O)(=O)c2ccc(C)cc2)c2ncc(-c3cnc(N4CCOCC4)s3)cc12. The van der Waals surface area contributed by atoms with Crippen molar-refractivity contribution < 1.29 is 22.3 Å². The first kappa shape index (κ1) is 25.5. The molecule has 0 radical (unpaired) electrons. The fourth-order valence-corrected chi connectivity index (χ4v) is 6.94. The van der Waals surface area contributed by atoms with Crippen molar-refractivity contribution in [1.29, 1.82) is 0 Å². The predicted molar refractivity (Wildman–Crippen MR) is 150 cm³/mol. The molecule has 0 atom stereocenters. The molecule has 5 aromatic rings. The highest BCUT2D eigenvalue weighted by Crippen LogP contribution is 2.40. The van der Waals surface area contributed by atoms with Crippen LogP contribution < -0.4 is 9.64 Å². The number of hydrogen-bond acceptors (Lipinski definition) is 8. The summed E-state index contributed by atoms with van der Waals surface area (Å²) in [7, 11) is -2.61.